The summed E-state index contributed by atoms with van der Waals surface area (Å²) in [6.07, 6.45) is 1.55. The maximum Gasteiger partial charge on any atom is 0.306 e. The number of piperidine rings is 1. The number of benzene rings is 1. The lowest BCUT2D eigenvalue weighted by molar-refractivity contribution is -0.145. The average Bonchev–Trinajstić information content (AvgIpc) is 2.65. The lowest BCUT2D eigenvalue weighted by Gasteiger charge is -2.31. The fourth-order valence-corrected chi connectivity index (χ4v) is 3.16. The molecule has 6 nitrogen and oxygen atoms in total. The number of likely N-dealkylation sites (tertiary alicyclic amines) is 1. The molecule has 0 aliphatic carbocycles. The molecule has 0 bridgehead atoms. The molecule has 0 aromatic heterocycles. The van der Waals surface area contributed by atoms with E-state index >= 15 is 0 Å². The van der Waals surface area contributed by atoms with Gasteiger partial charge in [0.05, 0.1) is 13.0 Å². The number of methoxy groups -OCH3 is 1. The van der Waals surface area contributed by atoms with E-state index in [0.29, 0.717) is 38.9 Å². The Balaban J connectivity index is 1.81. The third-order valence-electron chi connectivity index (χ3n) is 5.11. The van der Waals surface area contributed by atoms with Crippen molar-refractivity contribution in [2.24, 2.45) is 5.92 Å². The molecule has 1 N–H and O–H groups in total. The number of hydrogen-bond acceptors (Lipinski definition) is 4. The predicted octanol–water partition coefficient (Wildman–Crippen LogP) is 2.40. The summed E-state index contributed by atoms with van der Waals surface area (Å²) in [5.41, 5.74) is 1.15. The van der Waals surface area contributed by atoms with Crippen molar-refractivity contribution in [2.45, 2.75) is 32.2 Å². The highest BCUT2D eigenvalue weighted by atomic mass is 16.5. The summed E-state index contributed by atoms with van der Waals surface area (Å²) in [7, 11) is 3.66. The van der Waals surface area contributed by atoms with Gasteiger partial charge in [-0.1, -0.05) is 12.1 Å². The average molecular weight is 348 g/mol. The topological polar surface area (TPSA) is 70.1 Å². The number of nitrogens with zero attached hydrogens (tertiary/aromatic N) is 2. The first-order valence-electron chi connectivity index (χ1n) is 8.77. The van der Waals surface area contributed by atoms with Crippen LogP contribution in [0.25, 0.3) is 0 Å². The van der Waals surface area contributed by atoms with E-state index in [-0.39, 0.29) is 17.9 Å². The van der Waals surface area contributed by atoms with Crippen LogP contribution in [0.2, 0.25) is 0 Å². The van der Waals surface area contributed by atoms with E-state index in [9.17, 15) is 9.59 Å². The van der Waals surface area contributed by atoms with Crippen molar-refractivity contribution in [1.82, 2.24) is 9.80 Å². The highest BCUT2D eigenvalue weighted by molar-refractivity contribution is 5.77. The Morgan fingerprint density at radius 1 is 1.36 bits per heavy atom. The van der Waals surface area contributed by atoms with Crippen LogP contribution in [0.5, 0.6) is 5.75 Å². The second-order valence-electron chi connectivity index (χ2n) is 6.68. The normalized spacial score (nSPS) is 16.7. The molecule has 0 saturated carbocycles. The Morgan fingerprint density at radius 2 is 2.04 bits per heavy atom. The van der Waals surface area contributed by atoms with E-state index in [4.69, 9.17) is 9.84 Å². The van der Waals surface area contributed by atoms with Gasteiger partial charge in [-0.3, -0.25) is 14.5 Å². The zero-order chi connectivity index (χ0) is 18.4. The molecule has 1 saturated heterocycles. The molecule has 0 spiro atoms. The maximum absolute atomic E-state index is 12.4. The van der Waals surface area contributed by atoms with E-state index < -0.39 is 5.97 Å². The van der Waals surface area contributed by atoms with Crippen molar-refractivity contribution < 1.29 is 19.4 Å². The highest BCUT2D eigenvalue weighted by Gasteiger charge is 2.27. The summed E-state index contributed by atoms with van der Waals surface area (Å²) < 4.78 is 5.27. The van der Waals surface area contributed by atoms with Crippen LogP contribution in [-0.4, -0.2) is 60.6 Å². The van der Waals surface area contributed by atoms with Gasteiger partial charge < -0.3 is 14.7 Å². The Kier molecular flexibility index (Phi) is 6.82. The van der Waals surface area contributed by atoms with Crippen molar-refractivity contribution in [1.29, 1.82) is 0 Å². The number of ether oxygens (including phenoxy) is 1. The van der Waals surface area contributed by atoms with Gasteiger partial charge in [-0.2, -0.15) is 0 Å². The fraction of sp³-hybridized carbons (Fsp3) is 0.579. The SMILES string of the molecule is COc1cccc([C@@H](C)N(C)CCC(=O)N2CCC(C(=O)O)CC2)c1. The largest absolute Gasteiger partial charge is 0.497 e. The van der Waals surface area contributed by atoms with Gasteiger partial charge in [0.15, 0.2) is 0 Å². The summed E-state index contributed by atoms with van der Waals surface area (Å²) in [5.74, 6) is -0.123. The molecule has 1 amide bonds. The highest BCUT2D eigenvalue weighted by Crippen LogP contribution is 2.23. The number of rotatable bonds is 7. The number of carbonyl (C=O) groups is 2. The number of carboxylic acid groups (broad SMARTS) is 1. The third kappa shape index (κ3) is 5.19. The van der Waals surface area contributed by atoms with Crippen molar-refractivity contribution in [3.63, 3.8) is 0 Å². The summed E-state index contributed by atoms with van der Waals surface area (Å²) in [5, 5.41) is 9.03. The summed E-state index contributed by atoms with van der Waals surface area (Å²) in [6, 6.07) is 8.14. The number of carboxylic acids is 1. The van der Waals surface area contributed by atoms with Crippen LogP contribution in [-0.2, 0) is 9.59 Å². The third-order valence-corrected chi connectivity index (χ3v) is 5.11. The van der Waals surface area contributed by atoms with E-state index in [1.807, 2.05) is 25.2 Å². The number of aliphatic carboxylic acids is 1. The smallest absolute Gasteiger partial charge is 0.306 e. The van der Waals surface area contributed by atoms with E-state index in [1.54, 1.807) is 12.0 Å². The number of amides is 1. The maximum atomic E-state index is 12.4. The molecule has 1 aromatic rings. The van der Waals surface area contributed by atoms with E-state index in [1.165, 1.54) is 0 Å². The standard InChI is InChI=1S/C19H28N2O4/c1-14(16-5-4-6-17(13-16)25-3)20(2)10-9-18(22)21-11-7-15(8-12-21)19(23)24/h4-6,13-15H,7-12H2,1-3H3,(H,23,24)/t14-/m1/s1. The quantitative estimate of drug-likeness (QED) is 0.819. The van der Waals surface area contributed by atoms with Gasteiger partial charge in [-0.15, -0.1) is 0 Å². The number of hydrogen-bond donors (Lipinski definition) is 1. The molecular formula is C19H28N2O4. The minimum absolute atomic E-state index is 0.105. The molecule has 0 radical (unpaired) electrons. The van der Waals surface area contributed by atoms with Crippen LogP contribution < -0.4 is 4.74 Å². The molecule has 0 unspecified atom stereocenters. The molecule has 1 aliphatic heterocycles. The lowest BCUT2D eigenvalue weighted by atomic mass is 9.97. The van der Waals surface area contributed by atoms with Crippen molar-refractivity contribution in [2.75, 3.05) is 33.8 Å². The molecule has 1 heterocycles. The number of carbonyl (C=O) groups excluding carboxylic acids is 1. The zero-order valence-corrected chi connectivity index (χ0v) is 15.3. The second-order valence-corrected chi connectivity index (χ2v) is 6.68. The molecular weight excluding hydrogens is 320 g/mol. The molecule has 138 valence electrons. The van der Waals surface area contributed by atoms with Gasteiger partial charge in [-0.05, 0) is 44.5 Å². The van der Waals surface area contributed by atoms with Gasteiger partial charge in [0.25, 0.3) is 0 Å². The molecule has 25 heavy (non-hydrogen) atoms. The molecule has 1 aromatic carbocycles. The first kappa shape index (κ1) is 19.2. The Hall–Kier alpha value is -2.08. The second kappa shape index (κ2) is 8.85. The van der Waals surface area contributed by atoms with Crippen LogP contribution in [0.15, 0.2) is 24.3 Å². The minimum Gasteiger partial charge on any atom is -0.497 e. The summed E-state index contributed by atoms with van der Waals surface area (Å²) in [4.78, 5) is 27.3. The van der Waals surface area contributed by atoms with Crippen LogP contribution in [0, 0.1) is 5.92 Å². The first-order valence-corrected chi connectivity index (χ1v) is 8.77. The molecule has 1 atom stereocenters. The van der Waals surface area contributed by atoms with Crippen molar-refractivity contribution in [3.05, 3.63) is 29.8 Å². The first-order chi connectivity index (χ1) is 11.9. The van der Waals surface area contributed by atoms with Crippen LogP contribution in [0.3, 0.4) is 0 Å². The van der Waals surface area contributed by atoms with E-state index in [2.05, 4.69) is 17.9 Å². The van der Waals surface area contributed by atoms with E-state index in [0.717, 1.165) is 11.3 Å². The molecule has 6 heteroatoms. The van der Waals surface area contributed by atoms with Crippen LogP contribution in [0.1, 0.15) is 37.8 Å². The van der Waals surface area contributed by atoms with Gasteiger partial charge in [-0.25, -0.2) is 0 Å². The molecule has 1 aliphatic rings. The van der Waals surface area contributed by atoms with Gasteiger partial charge in [0.1, 0.15) is 5.75 Å². The van der Waals surface area contributed by atoms with Gasteiger partial charge in [0, 0.05) is 32.1 Å². The van der Waals surface area contributed by atoms with Gasteiger partial charge >= 0.3 is 5.97 Å². The lowest BCUT2D eigenvalue weighted by Crippen LogP contribution is -2.41. The van der Waals surface area contributed by atoms with Gasteiger partial charge in [0.2, 0.25) is 5.91 Å². The van der Waals surface area contributed by atoms with Crippen molar-refractivity contribution in [3.8, 4) is 5.75 Å². The monoisotopic (exact) mass is 348 g/mol. The Labute approximate surface area is 149 Å². The van der Waals surface area contributed by atoms with Crippen LogP contribution >= 0.6 is 0 Å². The fourth-order valence-electron chi connectivity index (χ4n) is 3.16. The Morgan fingerprint density at radius 3 is 2.64 bits per heavy atom. The summed E-state index contributed by atoms with van der Waals surface area (Å²) in [6.45, 7) is 3.86. The molecule has 2 rings (SSSR count). The predicted molar refractivity (Wildman–Crippen MR) is 95.6 cm³/mol. The Bertz CT molecular complexity index is 597. The van der Waals surface area contributed by atoms with Crippen LogP contribution in [0.4, 0.5) is 0 Å². The minimum atomic E-state index is -0.751. The zero-order valence-electron chi connectivity index (χ0n) is 15.3. The summed E-state index contributed by atoms with van der Waals surface area (Å²) >= 11 is 0. The van der Waals surface area contributed by atoms with Crippen molar-refractivity contribution >= 4 is 11.9 Å². The molecule has 1 fully saturated rings.